The summed E-state index contributed by atoms with van der Waals surface area (Å²) in [6.45, 7) is 0. The molecule has 0 saturated carbocycles. The number of halogens is 1. The molecule has 1 N–H and O–H groups in total. The molecule has 0 bridgehead atoms. The number of anilines is 1. The minimum absolute atomic E-state index is 0.266. The molecule has 5 nitrogen and oxygen atoms in total. The molecular weight excluding hydrogens is 416 g/mol. The summed E-state index contributed by atoms with van der Waals surface area (Å²) in [5, 5.41) is 5.70. The minimum atomic E-state index is -0.459. The lowest BCUT2D eigenvalue weighted by Crippen LogP contribution is -2.11. The molecule has 2 heterocycles. The summed E-state index contributed by atoms with van der Waals surface area (Å²) in [6.07, 6.45) is 0. The summed E-state index contributed by atoms with van der Waals surface area (Å²) < 4.78 is 6.15. The number of hydrogen-bond donors (Lipinski definition) is 1. The van der Waals surface area contributed by atoms with E-state index in [9.17, 15) is 9.59 Å². The van der Waals surface area contributed by atoms with Gasteiger partial charge in [-0.2, -0.15) is 0 Å². The van der Waals surface area contributed by atoms with E-state index >= 15 is 0 Å². The van der Waals surface area contributed by atoms with E-state index < -0.39 is 5.63 Å². The lowest BCUT2D eigenvalue weighted by Gasteiger charge is -2.02. The Morgan fingerprint density at radius 1 is 1.12 bits per heavy atom. The van der Waals surface area contributed by atoms with Gasteiger partial charge in [0.2, 0.25) is 0 Å². The summed E-state index contributed by atoms with van der Waals surface area (Å²) in [5.74, 6) is -0.266. The average Bonchev–Trinajstić information content (AvgIpc) is 3.09. The molecule has 128 valence electrons. The predicted octanol–water partition coefficient (Wildman–Crippen LogP) is 4.93. The Balaban J connectivity index is 1.63. The Labute approximate surface area is 160 Å². The summed E-state index contributed by atoms with van der Waals surface area (Å²) in [5.41, 5.74) is 1.42. The molecule has 0 unspecified atom stereocenters. The van der Waals surface area contributed by atoms with Crippen molar-refractivity contribution in [3.05, 3.63) is 80.4 Å². The van der Waals surface area contributed by atoms with Crippen LogP contribution >= 0.6 is 27.3 Å². The molecule has 0 atom stereocenters. The summed E-state index contributed by atoms with van der Waals surface area (Å²) in [6, 6.07) is 16.1. The number of nitrogens with zero attached hydrogens (tertiary/aromatic N) is 1. The molecule has 1 amide bonds. The number of aromatic nitrogens is 1. The van der Waals surface area contributed by atoms with Gasteiger partial charge < -0.3 is 4.42 Å². The van der Waals surface area contributed by atoms with Gasteiger partial charge in [-0.3, -0.25) is 10.1 Å². The molecule has 0 radical (unpaired) electrons. The van der Waals surface area contributed by atoms with Gasteiger partial charge in [0.05, 0.1) is 11.3 Å². The van der Waals surface area contributed by atoms with Crippen molar-refractivity contribution in [3.8, 4) is 11.3 Å². The molecule has 0 saturated heterocycles. The molecule has 4 rings (SSSR count). The second kappa shape index (κ2) is 6.86. The highest BCUT2D eigenvalue weighted by Gasteiger charge is 2.13. The van der Waals surface area contributed by atoms with Crippen molar-refractivity contribution in [1.29, 1.82) is 0 Å². The number of fused-ring (bicyclic) bond motifs is 1. The fraction of sp³-hybridized carbons (Fsp3) is 0. The van der Waals surface area contributed by atoms with E-state index in [0.717, 1.165) is 9.86 Å². The van der Waals surface area contributed by atoms with Crippen LogP contribution in [0, 0.1) is 0 Å². The van der Waals surface area contributed by atoms with Crippen LogP contribution < -0.4 is 10.9 Å². The van der Waals surface area contributed by atoms with E-state index in [0.29, 0.717) is 27.5 Å². The maximum absolute atomic E-state index is 12.3. The average molecular weight is 427 g/mol. The number of hydrogen-bond acceptors (Lipinski definition) is 5. The van der Waals surface area contributed by atoms with Crippen molar-refractivity contribution in [1.82, 2.24) is 4.98 Å². The normalized spacial score (nSPS) is 10.8. The smallest absolute Gasteiger partial charge is 0.345 e. The van der Waals surface area contributed by atoms with Crippen LogP contribution in [0.5, 0.6) is 0 Å². The molecule has 0 spiro atoms. The fourth-order valence-electron chi connectivity index (χ4n) is 2.49. The highest BCUT2D eigenvalue weighted by atomic mass is 79.9. The zero-order valence-electron chi connectivity index (χ0n) is 13.2. The number of amides is 1. The molecule has 2 aromatic carbocycles. The van der Waals surface area contributed by atoms with Crippen molar-refractivity contribution in [2.24, 2.45) is 0 Å². The first-order valence-electron chi connectivity index (χ1n) is 7.66. The number of nitrogens with one attached hydrogen (secondary N) is 1. The molecular formula is C19H11BrN2O3S. The first-order valence-corrected chi connectivity index (χ1v) is 9.33. The van der Waals surface area contributed by atoms with Crippen LogP contribution in [0.3, 0.4) is 0 Å². The Morgan fingerprint density at radius 3 is 2.81 bits per heavy atom. The minimum Gasteiger partial charge on any atom is -0.422 e. The first-order chi connectivity index (χ1) is 12.6. The third kappa shape index (κ3) is 3.31. The maximum atomic E-state index is 12.3. The maximum Gasteiger partial charge on any atom is 0.345 e. The van der Waals surface area contributed by atoms with Gasteiger partial charge in [0.15, 0.2) is 5.13 Å². The van der Waals surface area contributed by atoms with Gasteiger partial charge >= 0.3 is 5.63 Å². The molecule has 26 heavy (non-hydrogen) atoms. The van der Waals surface area contributed by atoms with E-state index in [1.165, 1.54) is 11.3 Å². The third-order valence-electron chi connectivity index (χ3n) is 3.73. The van der Waals surface area contributed by atoms with Crippen molar-refractivity contribution in [2.75, 3.05) is 5.32 Å². The number of rotatable bonds is 3. The van der Waals surface area contributed by atoms with Gasteiger partial charge in [-0.1, -0.05) is 40.2 Å². The second-order valence-electron chi connectivity index (χ2n) is 5.49. The SMILES string of the molecule is O=C(Nc1nc(-c2cc3ccccc3oc2=O)cs1)c1cccc(Br)c1. The monoisotopic (exact) mass is 426 g/mol. The highest BCUT2D eigenvalue weighted by molar-refractivity contribution is 9.10. The molecule has 4 aromatic rings. The largest absolute Gasteiger partial charge is 0.422 e. The van der Waals surface area contributed by atoms with Gasteiger partial charge in [0.1, 0.15) is 5.58 Å². The summed E-state index contributed by atoms with van der Waals surface area (Å²) >= 11 is 4.59. The number of benzene rings is 2. The standard InChI is InChI=1S/C19H11BrN2O3S/c20-13-6-3-5-12(8-13)17(23)22-19-21-15(10-26-19)14-9-11-4-1-2-7-16(11)25-18(14)24/h1-10H,(H,21,22,23). The van der Waals surface area contributed by atoms with E-state index in [4.69, 9.17) is 4.42 Å². The van der Waals surface area contributed by atoms with Crippen LogP contribution in [0.25, 0.3) is 22.2 Å². The van der Waals surface area contributed by atoms with E-state index in [2.05, 4.69) is 26.2 Å². The lowest BCUT2D eigenvalue weighted by molar-refractivity contribution is 0.102. The molecule has 0 aliphatic heterocycles. The van der Waals surface area contributed by atoms with Gasteiger partial charge in [0, 0.05) is 20.8 Å². The van der Waals surface area contributed by atoms with Crippen LogP contribution in [0.1, 0.15) is 10.4 Å². The number of thiazole rings is 1. The Hall–Kier alpha value is -2.77. The first kappa shape index (κ1) is 16.7. The number of carbonyl (C=O) groups excluding carboxylic acids is 1. The van der Waals surface area contributed by atoms with Gasteiger partial charge in [-0.25, -0.2) is 9.78 Å². The summed E-state index contributed by atoms with van der Waals surface area (Å²) in [4.78, 5) is 28.9. The Morgan fingerprint density at radius 2 is 1.96 bits per heavy atom. The second-order valence-corrected chi connectivity index (χ2v) is 7.26. The number of carbonyl (C=O) groups is 1. The van der Waals surface area contributed by atoms with Gasteiger partial charge in [0.25, 0.3) is 5.91 Å². The van der Waals surface area contributed by atoms with E-state index in [-0.39, 0.29) is 5.91 Å². The number of para-hydroxylation sites is 1. The lowest BCUT2D eigenvalue weighted by atomic mass is 10.1. The van der Waals surface area contributed by atoms with Crippen LogP contribution in [0.2, 0.25) is 0 Å². The van der Waals surface area contributed by atoms with Crippen LogP contribution in [0.15, 0.2) is 73.7 Å². The van der Waals surface area contributed by atoms with Crippen molar-refractivity contribution < 1.29 is 9.21 Å². The highest BCUT2D eigenvalue weighted by Crippen LogP contribution is 2.25. The molecule has 2 aromatic heterocycles. The Bertz CT molecular complexity index is 1180. The van der Waals surface area contributed by atoms with Crippen molar-refractivity contribution in [3.63, 3.8) is 0 Å². The van der Waals surface area contributed by atoms with Gasteiger partial charge in [-0.05, 0) is 30.3 Å². The zero-order chi connectivity index (χ0) is 18.1. The Kier molecular flexibility index (Phi) is 4.40. The van der Waals surface area contributed by atoms with Crippen molar-refractivity contribution >= 4 is 49.3 Å². The fourth-order valence-corrected chi connectivity index (χ4v) is 3.60. The predicted molar refractivity (Wildman–Crippen MR) is 106 cm³/mol. The molecule has 0 aliphatic carbocycles. The van der Waals surface area contributed by atoms with Gasteiger partial charge in [-0.15, -0.1) is 11.3 Å². The van der Waals surface area contributed by atoms with E-state index in [1.807, 2.05) is 24.3 Å². The van der Waals surface area contributed by atoms with Crippen LogP contribution in [0.4, 0.5) is 5.13 Å². The van der Waals surface area contributed by atoms with Crippen molar-refractivity contribution in [2.45, 2.75) is 0 Å². The molecule has 7 heteroatoms. The quantitative estimate of drug-likeness (QED) is 0.471. The summed E-state index contributed by atoms with van der Waals surface area (Å²) in [7, 11) is 0. The molecule has 0 fully saturated rings. The third-order valence-corrected chi connectivity index (χ3v) is 4.98. The van der Waals surface area contributed by atoms with Crippen LogP contribution in [-0.4, -0.2) is 10.9 Å². The molecule has 0 aliphatic rings. The van der Waals surface area contributed by atoms with E-state index in [1.54, 1.807) is 35.7 Å². The topological polar surface area (TPSA) is 72.2 Å². The zero-order valence-corrected chi connectivity index (χ0v) is 15.6. The van der Waals surface area contributed by atoms with Crippen LogP contribution in [-0.2, 0) is 0 Å².